The Morgan fingerprint density at radius 1 is 1.31 bits per heavy atom. The summed E-state index contributed by atoms with van der Waals surface area (Å²) in [5.41, 5.74) is 2.57. The van der Waals surface area contributed by atoms with E-state index in [1.807, 2.05) is 0 Å². The molecule has 0 radical (unpaired) electrons. The number of aryl methyl sites for hydroxylation is 2. The third-order valence-electron chi connectivity index (χ3n) is 3.30. The van der Waals surface area contributed by atoms with Crippen LogP contribution in [0.1, 0.15) is 43.2 Å². The Balaban J connectivity index is 1.71. The molecule has 0 atom stereocenters. The Hall–Kier alpha value is -1.11. The third-order valence-corrected chi connectivity index (χ3v) is 3.30. The van der Waals surface area contributed by atoms with Crippen LogP contribution in [0.15, 0.2) is 24.3 Å². The van der Waals surface area contributed by atoms with E-state index in [-0.39, 0.29) is 0 Å². The summed E-state index contributed by atoms with van der Waals surface area (Å²) in [5, 5.41) is 0. The predicted octanol–water partition coefficient (Wildman–Crippen LogP) is 3.69. The summed E-state index contributed by atoms with van der Waals surface area (Å²) in [6.45, 7) is 2.10. The lowest BCUT2D eigenvalue weighted by Crippen LogP contribution is -2.00. The van der Waals surface area contributed by atoms with Crippen molar-refractivity contribution in [2.24, 2.45) is 5.92 Å². The van der Waals surface area contributed by atoms with Crippen LogP contribution >= 0.6 is 0 Å². The summed E-state index contributed by atoms with van der Waals surface area (Å²) in [6, 6.07) is 8.45. The molecule has 0 N–H and O–H groups in total. The Morgan fingerprint density at radius 2 is 2.12 bits per heavy atom. The Bertz CT molecular complexity index is 363. The fourth-order valence-corrected chi connectivity index (χ4v) is 2.05. The molecule has 0 aliphatic heterocycles. The average Bonchev–Trinajstić information content (AvgIpc) is 3.07. The largest absolute Gasteiger partial charge is 0.300 e. The Kier molecular flexibility index (Phi) is 3.76. The van der Waals surface area contributed by atoms with Gasteiger partial charge in [0.15, 0.2) is 0 Å². The maximum Gasteiger partial charge on any atom is 0.133 e. The van der Waals surface area contributed by atoms with E-state index in [2.05, 4.69) is 31.2 Å². The molecule has 1 fully saturated rings. The molecule has 1 saturated carbocycles. The molecule has 2 rings (SSSR count). The van der Waals surface area contributed by atoms with Crippen LogP contribution in [0.2, 0.25) is 0 Å². The highest BCUT2D eigenvalue weighted by Gasteiger charge is 2.21. The fourth-order valence-electron chi connectivity index (χ4n) is 2.05. The minimum atomic E-state index is 0.438. The highest BCUT2D eigenvalue weighted by molar-refractivity contribution is 5.78. The summed E-state index contributed by atoms with van der Waals surface area (Å²) >= 11 is 0. The maximum absolute atomic E-state index is 11.6. The Morgan fingerprint density at radius 3 is 2.81 bits per heavy atom. The van der Waals surface area contributed by atoms with E-state index in [4.69, 9.17) is 0 Å². The standard InChI is InChI=1S/C15H20O/c1-12-3-2-4-14(11-12)8-10-15(16)9-7-13-5-6-13/h2-4,11,13H,5-10H2,1H3. The predicted molar refractivity (Wildman–Crippen MR) is 66.5 cm³/mol. The molecule has 1 aromatic rings. The van der Waals surface area contributed by atoms with E-state index >= 15 is 0 Å². The van der Waals surface area contributed by atoms with Crippen molar-refractivity contribution in [3.63, 3.8) is 0 Å². The number of carbonyl (C=O) groups excluding carboxylic acids is 1. The number of carbonyl (C=O) groups is 1. The van der Waals surface area contributed by atoms with E-state index < -0.39 is 0 Å². The summed E-state index contributed by atoms with van der Waals surface area (Å²) in [4.78, 5) is 11.6. The van der Waals surface area contributed by atoms with Crippen molar-refractivity contribution in [1.82, 2.24) is 0 Å². The van der Waals surface area contributed by atoms with Crippen molar-refractivity contribution >= 4 is 5.78 Å². The van der Waals surface area contributed by atoms with Gasteiger partial charge in [0.05, 0.1) is 0 Å². The first-order chi connectivity index (χ1) is 7.74. The van der Waals surface area contributed by atoms with Gasteiger partial charge < -0.3 is 0 Å². The van der Waals surface area contributed by atoms with Crippen molar-refractivity contribution in [2.45, 2.75) is 45.4 Å². The molecular weight excluding hydrogens is 196 g/mol. The zero-order chi connectivity index (χ0) is 11.4. The second-order valence-corrected chi connectivity index (χ2v) is 5.01. The van der Waals surface area contributed by atoms with Gasteiger partial charge in [-0.25, -0.2) is 0 Å². The van der Waals surface area contributed by atoms with Gasteiger partial charge in [-0.1, -0.05) is 42.7 Å². The molecule has 0 amide bonds. The molecule has 0 saturated heterocycles. The zero-order valence-electron chi connectivity index (χ0n) is 10.0. The number of rotatable bonds is 6. The topological polar surface area (TPSA) is 17.1 Å². The smallest absolute Gasteiger partial charge is 0.133 e. The molecule has 0 unspecified atom stereocenters. The van der Waals surface area contributed by atoms with Crippen LogP contribution in [0, 0.1) is 12.8 Å². The van der Waals surface area contributed by atoms with Crippen molar-refractivity contribution in [1.29, 1.82) is 0 Å². The van der Waals surface area contributed by atoms with Crippen molar-refractivity contribution in [3.8, 4) is 0 Å². The molecule has 1 aromatic carbocycles. The van der Waals surface area contributed by atoms with Crippen LogP contribution in [0.25, 0.3) is 0 Å². The van der Waals surface area contributed by atoms with Gasteiger partial charge in [0.1, 0.15) is 5.78 Å². The molecule has 0 aromatic heterocycles. The summed E-state index contributed by atoms with van der Waals surface area (Å²) in [6.07, 6.45) is 6.26. The third kappa shape index (κ3) is 3.80. The van der Waals surface area contributed by atoms with Gasteiger partial charge in [-0.2, -0.15) is 0 Å². The molecular formula is C15H20O. The molecule has 1 aliphatic carbocycles. The maximum atomic E-state index is 11.6. The molecule has 0 spiro atoms. The Labute approximate surface area is 97.9 Å². The highest BCUT2D eigenvalue weighted by atomic mass is 16.1. The van der Waals surface area contributed by atoms with Gasteiger partial charge in [-0.3, -0.25) is 4.79 Å². The molecule has 0 bridgehead atoms. The number of hydrogen-bond donors (Lipinski definition) is 0. The molecule has 86 valence electrons. The van der Waals surface area contributed by atoms with Crippen molar-refractivity contribution in [3.05, 3.63) is 35.4 Å². The van der Waals surface area contributed by atoms with Gasteiger partial charge in [0.2, 0.25) is 0 Å². The quantitative estimate of drug-likeness (QED) is 0.708. The van der Waals surface area contributed by atoms with Crippen LogP contribution < -0.4 is 0 Å². The van der Waals surface area contributed by atoms with Crippen LogP contribution in [-0.2, 0) is 11.2 Å². The normalized spacial score (nSPS) is 15.1. The molecule has 1 nitrogen and oxygen atoms in total. The van der Waals surface area contributed by atoms with E-state index in [1.54, 1.807) is 0 Å². The lowest BCUT2D eigenvalue weighted by molar-refractivity contribution is -0.119. The number of benzene rings is 1. The first kappa shape index (κ1) is 11.4. The van der Waals surface area contributed by atoms with Gasteiger partial charge in [-0.15, -0.1) is 0 Å². The van der Waals surface area contributed by atoms with Gasteiger partial charge in [0.25, 0.3) is 0 Å². The average molecular weight is 216 g/mol. The van der Waals surface area contributed by atoms with Crippen LogP contribution in [-0.4, -0.2) is 5.78 Å². The molecule has 16 heavy (non-hydrogen) atoms. The second-order valence-electron chi connectivity index (χ2n) is 5.01. The van der Waals surface area contributed by atoms with Gasteiger partial charge in [-0.05, 0) is 31.2 Å². The van der Waals surface area contributed by atoms with Gasteiger partial charge in [0, 0.05) is 12.8 Å². The molecule has 0 heterocycles. The fraction of sp³-hybridized carbons (Fsp3) is 0.533. The molecule has 1 aliphatic rings. The van der Waals surface area contributed by atoms with E-state index in [0.717, 1.165) is 31.6 Å². The minimum Gasteiger partial charge on any atom is -0.300 e. The van der Waals surface area contributed by atoms with E-state index in [1.165, 1.54) is 24.0 Å². The number of ketones is 1. The number of Topliss-reactive ketones (excluding diaryl/α,β-unsaturated/α-hetero) is 1. The van der Waals surface area contributed by atoms with Crippen LogP contribution in [0.4, 0.5) is 0 Å². The van der Waals surface area contributed by atoms with Crippen molar-refractivity contribution in [2.75, 3.05) is 0 Å². The summed E-state index contributed by atoms with van der Waals surface area (Å²) in [7, 11) is 0. The summed E-state index contributed by atoms with van der Waals surface area (Å²) in [5.74, 6) is 1.32. The lowest BCUT2D eigenvalue weighted by atomic mass is 10.0. The second kappa shape index (κ2) is 5.29. The monoisotopic (exact) mass is 216 g/mol. The van der Waals surface area contributed by atoms with E-state index in [9.17, 15) is 4.79 Å². The minimum absolute atomic E-state index is 0.438. The van der Waals surface area contributed by atoms with Crippen LogP contribution in [0.3, 0.4) is 0 Å². The van der Waals surface area contributed by atoms with Gasteiger partial charge >= 0.3 is 0 Å². The lowest BCUT2D eigenvalue weighted by Gasteiger charge is -2.02. The molecule has 1 heteroatoms. The zero-order valence-corrected chi connectivity index (χ0v) is 10.0. The van der Waals surface area contributed by atoms with E-state index in [0.29, 0.717) is 5.78 Å². The number of hydrogen-bond acceptors (Lipinski definition) is 1. The van der Waals surface area contributed by atoms with Crippen LogP contribution in [0.5, 0.6) is 0 Å². The highest BCUT2D eigenvalue weighted by Crippen LogP contribution is 2.33. The van der Waals surface area contributed by atoms with Crippen molar-refractivity contribution < 1.29 is 4.79 Å². The first-order valence-electron chi connectivity index (χ1n) is 6.31. The first-order valence-corrected chi connectivity index (χ1v) is 6.31. The SMILES string of the molecule is Cc1cccc(CCC(=O)CCC2CC2)c1. The summed E-state index contributed by atoms with van der Waals surface area (Å²) < 4.78 is 0.